The fourth-order valence-electron chi connectivity index (χ4n) is 2.48. The number of rotatable bonds is 4. The van der Waals surface area contributed by atoms with E-state index >= 15 is 0 Å². The summed E-state index contributed by atoms with van der Waals surface area (Å²) in [5.41, 5.74) is -1.07. The Hall–Kier alpha value is -1.80. The van der Waals surface area contributed by atoms with E-state index in [0.29, 0.717) is 4.90 Å². The molecule has 0 saturated carbocycles. The molecule has 1 aliphatic heterocycles. The topological polar surface area (TPSA) is 128 Å². The molecule has 4 N–H and O–H groups in total. The number of carbonyl (C=O) groups excluding carboxylic acids is 1. The average molecular weight is 399 g/mol. The Balaban J connectivity index is 2.34. The van der Waals surface area contributed by atoms with E-state index < -0.39 is 55.3 Å². The molecule has 0 bridgehead atoms. The SMILES string of the molecule is CN(Cc1cn([C@@H]2O[C@H](CO)C(O)C2O)c(=S)[nH]c1=O)C(=O)C(F)(F)F. The summed E-state index contributed by atoms with van der Waals surface area (Å²) in [6.07, 6.45) is -9.40. The second kappa shape index (κ2) is 7.44. The fraction of sp³-hybridized carbons (Fsp3) is 0.615. The minimum absolute atomic E-state index is 0.224. The molecule has 0 aliphatic carbocycles. The molecule has 1 fully saturated rings. The Bertz CT molecular complexity index is 795. The maximum atomic E-state index is 12.5. The molecule has 1 saturated heterocycles. The van der Waals surface area contributed by atoms with Crippen molar-refractivity contribution in [1.82, 2.24) is 14.5 Å². The Morgan fingerprint density at radius 1 is 1.42 bits per heavy atom. The van der Waals surface area contributed by atoms with Crippen molar-refractivity contribution in [3.8, 4) is 0 Å². The molecular formula is C13H16F3N3O6S. The highest BCUT2D eigenvalue weighted by Crippen LogP contribution is 2.29. The Morgan fingerprint density at radius 3 is 2.54 bits per heavy atom. The Morgan fingerprint density at radius 2 is 2.04 bits per heavy atom. The van der Waals surface area contributed by atoms with Gasteiger partial charge in [-0.1, -0.05) is 0 Å². The zero-order chi connectivity index (χ0) is 19.8. The van der Waals surface area contributed by atoms with Crippen LogP contribution in [0, 0.1) is 4.77 Å². The number of aliphatic hydroxyl groups excluding tert-OH is 3. The van der Waals surface area contributed by atoms with E-state index in [0.717, 1.165) is 17.8 Å². The minimum atomic E-state index is -5.10. The van der Waals surface area contributed by atoms with Gasteiger partial charge in [0.1, 0.15) is 18.3 Å². The van der Waals surface area contributed by atoms with Crippen LogP contribution < -0.4 is 5.56 Å². The zero-order valence-corrected chi connectivity index (χ0v) is 14.1. The summed E-state index contributed by atoms with van der Waals surface area (Å²) < 4.78 is 43.5. The van der Waals surface area contributed by atoms with Crippen molar-refractivity contribution in [3.63, 3.8) is 0 Å². The molecular weight excluding hydrogens is 383 g/mol. The number of halogens is 3. The molecule has 9 nitrogen and oxygen atoms in total. The summed E-state index contributed by atoms with van der Waals surface area (Å²) in [7, 11) is 0.869. The first-order valence-corrected chi connectivity index (χ1v) is 7.67. The number of aromatic amines is 1. The monoisotopic (exact) mass is 399 g/mol. The summed E-state index contributed by atoms with van der Waals surface area (Å²) in [6, 6.07) is 0. The molecule has 2 rings (SSSR count). The van der Waals surface area contributed by atoms with Crippen molar-refractivity contribution in [2.24, 2.45) is 0 Å². The van der Waals surface area contributed by atoms with Gasteiger partial charge in [-0.05, 0) is 12.2 Å². The van der Waals surface area contributed by atoms with Crippen molar-refractivity contribution < 1.29 is 38.0 Å². The second-order valence-corrected chi connectivity index (χ2v) is 6.10. The van der Waals surface area contributed by atoms with Crippen LogP contribution in [0.1, 0.15) is 11.8 Å². The van der Waals surface area contributed by atoms with E-state index in [9.17, 15) is 33.0 Å². The van der Waals surface area contributed by atoms with Crippen molar-refractivity contribution >= 4 is 18.1 Å². The van der Waals surface area contributed by atoms with Crippen LogP contribution in [0.5, 0.6) is 0 Å². The Kier molecular flexibility index (Phi) is 5.87. The average Bonchev–Trinajstić information content (AvgIpc) is 2.83. The molecule has 0 spiro atoms. The van der Waals surface area contributed by atoms with Crippen LogP contribution >= 0.6 is 12.2 Å². The van der Waals surface area contributed by atoms with E-state index in [4.69, 9.17) is 22.1 Å². The first-order chi connectivity index (χ1) is 12.0. The van der Waals surface area contributed by atoms with Gasteiger partial charge in [-0.3, -0.25) is 19.1 Å². The van der Waals surface area contributed by atoms with Crippen LogP contribution in [0.2, 0.25) is 0 Å². The summed E-state index contributed by atoms with van der Waals surface area (Å²) in [6.45, 7) is -1.28. The number of alkyl halides is 3. The van der Waals surface area contributed by atoms with Crippen LogP contribution in [0.3, 0.4) is 0 Å². The number of carbonyl (C=O) groups is 1. The number of hydrogen-bond acceptors (Lipinski definition) is 7. The van der Waals surface area contributed by atoms with Crippen LogP contribution in [0.4, 0.5) is 13.2 Å². The molecule has 2 heterocycles. The van der Waals surface area contributed by atoms with E-state index in [-0.39, 0.29) is 10.3 Å². The number of nitrogens with zero attached hydrogens (tertiary/aromatic N) is 2. The lowest BCUT2D eigenvalue weighted by atomic mass is 10.1. The van der Waals surface area contributed by atoms with Gasteiger partial charge < -0.3 is 25.0 Å². The Labute approximate surface area is 149 Å². The third-order valence-corrected chi connectivity index (χ3v) is 4.14. The van der Waals surface area contributed by atoms with Gasteiger partial charge in [0, 0.05) is 13.2 Å². The zero-order valence-electron chi connectivity index (χ0n) is 13.3. The molecule has 1 aromatic rings. The van der Waals surface area contributed by atoms with Gasteiger partial charge in [0.2, 0.25) is 0 Å². The summed E-state index contributed by atoms with van der Waals surface area (Å²) in [4.78, 5) is 25.6. The van der Waals surface area contributed by atoms with Crippen LogP contribution in [0.15, 0.2) is 11.0 Å². The number of hydrogen-bond donors (Lipinski definition) is 4. The maximum Gasteiger partial charge on any atom is 0.471 e. The van der Waals surface area contributed by atoms with E-state index in [1.807, 2.05) is 0 Å². The number of H-pyrrole nitrogens is 1. The molecule has 1 aromatic heterocycles. The van der Waals surface area contributed by atoms with Crippen LogP contribution in [0.25, 0.3) is 0 Å². The van der Waals surface area contributed by atoms with Crippen LogP contribution in [-0.4, -0.2) is 73.8 Å². The molecule has 1 amide bonds. The molecule has 1 aliphatic rings. The van der Waals surface area contributed by atoms with Gasteiger partial charge in [0.15, 0.2) is 11.0 Å². The second-order valence-electron chi connectivity index (χ2n) is 5.71. The first kappa shape index (κ1) is 20.5. The number of aliphatic hydroxyl groups is 3. The van der Waals surface area contributed by atoms with Crippen molar-refractivity contribution in [2.45, 2.75) is 37.3 Å². The highest BCUT2D eigenvalue weighted by molar-refractivity contribution is 7.71. The first-order valence-electron chi connectivity index (χ1n) is 7.26. The number of amides is 1. The van der Waals surface area contributed by atoms with Crippen molar-refractivity contribution in [1.29, 1.82) is 0 Å². The lowest BCUT2D eigenvalue weighted by Crippen LogP contribution is -2.39. The molecule has 13 heteroatoms. The van der Waals surface area contributed by atoms with Gasteiger partial charge >= 0.3 is 12.1 Å². The largest absolute Gasteiger partial charge is 0.471 e. The van der Waals surface area contributed by atoms with Gasteiger partial charge in [-0.2, -0.15) is 13.2 Å². The third kappa shape index (κ3) is 3.96. The molecule has 0 aromatic carbocycles. The standard InChI is InChI=1S/C13H16F3N3O6S/c1-18(11(24)13(14,15)16)2-5-3-19(12(26)17-9(5)23)10-8(22)7(21)6(4-20)25-10/h3,6-8,10,20-22H,2,4H2,1H3,(H,17,23,26)/t6-,7?,8?,10-/m1/s1. The smallest absolute Gasteiger partial charge is 0.394 e. The third-order valence-electron chi connectivity index (χ3n) is 3.83. The van der Waals surface area contributed by atoms with E-state index in [1.54, 1.807) is 0 Å². The van der Waals surface area contributed by atoms with Gasteiger partial charge in [0.25, 0.3) is 5.56 Å². The molecule has 26 heavy (non-hydrogen) atoms. The predicted molar refractivity (Wildman–Crippen MR) is 81.4 cm³/mol. The van der Waals surface area contributed by atoms with E-state index in [2.05, 4.69) is 4.98 Å². The summed E-state index contributed by atoms with van der Waals surface area (Å²) in [5, 5.41) is 28.9. The normalized spacial score (nSPS) is 26.1. The summed E-state index contributed by atoms with van der Waals surface area (Å²) in [5.74, 6) is -2.14. The van der Waals surface area contributed by atoms with Crippen LogP contribution in [-0.2, 0) is 16.1 Å². The molecule has 146 valence electrons. The van der Waals surface area contributed by atoms with Crippen molar-refractivity contribution in [2.75, 3.05) is 13.7 Å². The molecule has 2 unspecified atom stereocenters. The maximum absolute atomic E-state index is 12.5. The highest BCUT2D eigenvalue weighted by Gasteiger charge is 2.44. The van der Waals surface area contributed by atoms with Gasteiger partial charge in [-0.25, -0.2) is 0 Å². The molecule has 4 atom stereocenters. The van der Waals surface area contributed by atoms with Gasteiger partial charge in [0.05, 0.1) is 18.7 Å². The highest BCUT2D eigenvalue weighted by atomic mass is 32.1. The summed E-state index contributed by atoms with van der Waals surface area (Å²) >= 11 is 4.94. The quantitative estimate of drug-likeness (QED) is 0.480. The van der Waals surface area contributed by atoms with Crippen molar-refractivity contribution in [3.05, 3.63) is 26.9 Å². The molecule has 0 radical (unpaired) electrons. The number of nitrogens with one attached hydrogen (secondary N) is 1. The number of aromatic nitrogens is 2. The lowest BCUT2D eigenvalue weighted by Gasteiger charge is -2.21. The van der Waals surface area contributed by atoms with Gasteiger partial charge in [-0.15, -0.1) is 0 Å². The lowest BCUT2D eigenvalue weighted by molar-refractivity contribution is -0.184. The fourth-order valence-corrected chi connectivity index (χ4v) is 2.73. The van der Waals surface area contributed by atoms with E-state index in [1.165, 1.54) is 0 Å². The predicted octanol–water partition coefficient (Wildman–Crippen LogP) is -0.962. The number of ether oxygens (including phenoxy) is 1. The minimum Gasteiger partial charge on any atom is -0.394 e.